The van der Waals surface area contributed by atoms with Crippen LogP contribution >= 0.6 is 0 Å². The lowest BCUT2D eigenvalue weighted by molar-refractivity contribution is 0.240. The third-order valence-electron chi connectivity index (χ3n) is 2.86. The Bertz CT molecular complexity index is 478. The summed E-state index contributed by atoms with van der Waals surface area (Å²) in [5.41, 5.74) is 3.66. The largest absolute Gasteiger partial charge is 0.491 e. The van der Waals surface area contributed by atoms with Gasteiger partial charge in [0.2, 0.25) is 0 Å². The van der Waals surface area contributed by atoms with E-state index in [-0.39, 0.29) is 6.10 Å². The maximum atomic E-state index is 5.83. The Kier molecular flexibility index (Phi) is 6.14. The highest BCUT2D eigenvalue weighted by Crippen LogP contribution is 2.26. The van der Waals surface area contributed by atoms with E-state index in [1.165, 1.54) is 16.7 Å². The molecule has 0 N–H and O–H groups in total. The SMILES string of the molecule is C=C/C=C\C(=C/C)c1ccc(OC(C)C)c(CC)c1. The van der Waals surface area contributed by atoms with Gasteiger partial charge in [0.05, 0.1) is 6.10 Å². The van der Waals surface area contributed by atoms with Gasteiger partial charge >= 0.3 is 0 Å². The quantitative estimate of drug-likeness (QED) is 0.637. The Morgan fingerprint density at radius 1 is 1.37 bits per heavy atom. The first kappa shape index (κ1) is 15.3. The molecule has 1 nitrogen and oxygen atoms in total. The van der Waals surface area contributed by atoms with E-state index in [2.05, 4.69) is 57.7 Å². The average molecular weight is 256 g/mol. The molecular formula is C18H24O. The molecule has 102 valence electrons. The Labute approximate surface area is 117 Å². The minimum absolute atomic E-state index is 0.206. The molecule has 0 spiro atoms. The first-order valence-electron chi connectivity index (χ1n) is 6.87. The smallest absolute Gasteiger partial charge is 0.122 e. The second-order valence-corrected chi connectivity index (χ2v) is 4.68. The summed E-state index contributed by atoms with van der Waals surface area (Å²) >= 11 is 0. The van der Waals surface area contributed by atoms with E-state index < -0.39 is 0 Å². The van der Waals surface area contributed by atoms with Crippen LogP contribution in [0.5, 0.6) is 5.75 Å². The van der Waals surface area contributed by atoms with Gasteiger partial charge in [-0.2, -0.15) is 0 Å². The van der Waals surface area contributed by atoms with Crippen LogP contribution in [-0.2, 0) is 6.42 Å². The van der Waals surface area contributed by atoms with Gasteiger partial charge in [0.25, 0.3) is 0 Å². The number of hydrogen-bond acceptors (Lipinski definition) is 1. The molecule has 19 heavy (non-hydrogen) atoms. The zero-order chi connectivity index (χ0) is 14.3. The van der Waals surface area contributed by atoms with Crippen LogP contribution in [0, 0.1) is 0 Å². The van der Waals surface area contributed by atoms with Crippen LogP contribution in [0.3, 0.4) is 0 Å². The van der Waals surface area contributed by atoms with Crippen LogP contribution < -0.4 is 4.74 Å². The van der Waals surface area contributed by atoms with E-state index in [0.717, 1.165) is 12.2 Å². The third kappa shape index (κ3) is 4.44. The Morgan fingerprint density at radius 2 is 2.11 bits per heavy atom. The molecule has 0 bridgehead atoms. The van der Waals surface area contributed by atoms with Gasteiger partial charge in [-0.1, -0.05) is 43.9 Å². The second kappa shape index (κ2) is 7.63. The molecule has 0 unspecified atom stereocenters. The van der Waals surface area contributed by atoms with Crippen molar-refractivity contribution in [3.8, 4) is 5.75 Å². The van der Waals surface area contributed by atoms with Gasteiger partial charge in [0, 0.05) is 0 Å². The highest BCUT2D eigenvalue weighted by molar-refractivity contribution is 5.75. The summed E-state index contributed by atoms with van der Waals surface area (Å²) in [6.07, 6.45) is 9.11. The summed E-state index contributed by atoms with van der Waals surface area (Å²) in [4.78, 5) is 0. The standard InChI is InChI=1S/C18H24O/c1-6-9-10-15(7-2)17-11-12-18(19-14(4)5)16(8-3)13-17/h6-7,9-14H,1,8H2,2-5H3/b10-9-,15-7+. The third-order valence-corrected chi connectivity index (χ3v) is 2.86. The van der Waals surface area contributed by atoms with Crippen molar-refractivity contribution in [2.45, 2.75) is 40.2 Å². The monoisotopic (exact) mass is 256 g/mol. The van der Waals surface area contributed by atoms with Crippen molar-refractivity contribution in [3.05, 3.63) is 60.2 Å². The van der Waals surface area contributed by atoms with Gasteiger partial charge in [0.1, 0.15) is 5.75 Å². The summed E-state index contributed by atoms with van der Waals surface area (Å²) < 4.78 is 5.83. The first-order chi connectivity index (χ1) is 9.12. The molecule has 0 radical (unpaired) electrons. The molecule has 0 saturated heterocycles. The molecule has 0 aromatic heterocycles. The zero-order valence-corrected chi connectivity index (χ0v) is 12.4. The fraction of sp³-hybridized carbons (Fsp3) is 0.333. The molecule has 0 aliphatic heterocycles. The Hall–Kier alpha value is -1.76. The van der Waals surface area contributed by atoms with Crippen LogP contribution in [0.15, 0.2) is 49.1 Å². The minimum atomic E-state index is 0.206. The van der Waals surface area contributed by atoms with Gasteiger partial charge < -0.3 is 4.74 Å². The molecule has 1 rings (SSSR count). The normalized spacial score (nSPS) is 12.2. The lowest BCUT2D eigenvalue weighted by Gasteiger charge is -2.15. The van der Waals surface area contributed by atoms with Crippen molar-refractivity contribution in [2.75, 3.05) is 0 Å². The number of ether oxygens (including phenoxy) is 1. The maximum Gasteiger partial charge on any atom is 0.122 e. The molecule has 0 fully saturated rings. The first-order valence-corrected chi connectivity index (χ1v) is 6.87. The van der Waals surface area contributed by atoms with Crippen LogP contribution in [-0.4, -0.2) is 6.10 Å². The predicted octanol–water partition coefficient (Wildman–Crippen LogP) is 5.18. The molecule has 0 atom stereocenters. The summed E-state index contributed by atoms with van der Waals surface area (Å²) in [5.74, 6) is 0.990. The molecule has 1 aromatic carbocycles. The van der Waals surface area contributed by atoms with Crippen molar-refractivity contribution in [1.82, 2.24) is 0 Å². The molecule has 0 aliphatic rings. The summed E-state index contributed by atoms with van der Waals surface area (Å²) in [7, 11) is 0. The Balaban J connectivity index is 3.11. The predicted molar refractivity (Wildman–Crippen MR) is 84.6 cm³/mol. The number of hydrogen-bond donors (Lipinski definition) is 0. The minimum Gasteiger partial charge on any atom is -0.491 e. The highest BCUT2D eigenvalue weighted by atomic mass is 16.5. The van der Waals surface area contributed by atoms with Crippen molar-refractivity contribution in [3.63, 3.8) is 0 Å². The molecule has 0 heterocycles. The molecule has 0 aliphatic carbocycles. The topological polar surface area (TPSA) is 9.23 Å². The van der Waals surface area contributed by atoms with Gasteiger partial charge in [-0.05, 0) is 56.0 Å². The highest BCUT2D eigenvalue weighted by Gasteiger charge is 2.06. The fourth-order valence-corrected chi connectivity index (χ4v) is 1.94. The number of allylic oxidation sites excluding steroid dienone is 5. The van der Waals surface area contributed by atoms with Crippen molar-refractivity contribution in [2.24, 2.45) is 0 Å². The summed E-state index contributed by atoms with van der Waals surface area (Å²) in [6, 6.07) is 6.39. The molecule has 1 heteroatoms. The molecular weight excluding hydrogens is 232 g/mol. The number of aryl methyl sites for hydroxylation is 1. The summed E-state index contributed by atoms with van der Waals surface area (Å²) in [6.45, 7) is 12.0. The van der Waals surface area contributed by atoms with Crippen LogP contribution in [0.1, 0.15) is 38.8 Å². The van der Waals surface area contributed by atoms with E-state index in [0.29, 0.717) is 0 Å². The summed E-state index contributed by atoms with van der Waals surface area (Å²) in [5, 5.41) is 0. The van der Waals surface area contributed by atoms with E-state index >= 15 is 0 Å². The second-order valence-electron chi connectivity index (χ2n) is 4.68. The van der Waals surface area contributed by atoms with Crippen molar-refractivity contribution in [1.29, 1.82) is 0 Å². The van der Waals surface area contributed by atoms with Gasteiger partial charge in [0.15, 0.2) is 0 Å². The Morgan fingerprint density at radius 3 is 2.63 bits per heavy atom. The number of benzene rings is 1. The van der Waals surface area contributed by atoms with Gasteiger partial charge in [-0.15, -0.1) is 0 Å². The molecule has 1 aromatic rings. The fourth-order valence-electron chi connectivity index (χ4n) is 1.94. The molecule has 0 saturated carbocycles. The molecule has 0 amide bonds. The van der Waals surface area contributed by atoms with Crippen LogP contribution in [0.25, 0.3) is 5.57 Å². The zero-order valence-electron chi connectivity index (χ0n) is 12.4. The average Bonchev–Trinajstić information content (AvgIpc) is 2.40. The lowest BCUT2D eigenvalue weighted by atomic mass is 10.0. The maximum absolute atomic E-state index is 5.83. The van der Waals surface area contributed by atoms with E-state index in [4.69, 9.17) is 4.74 Å². The lowest BCUT2D eigenvalue weighted by Crippen LogP contribution is -2.07. The van der Waals surface area contributed by atoms with Crippen LogP contribution in [0.4, 0.5) is 0 Å². The van der Waals surface area contributed by atoms with Crippen molar-refractivity contribution < 1.29 is 4.74 Å². The van der Waals surface area contributed by atoms with Gasteiger partial charge in [-0.25, -0.2) is 0 Å². The van der Waals surface area contributed by atoms with Crippen molar-refractivity contribution >= 4 is 5.57 Å². The van der Waals surface area contributed by atoms with Crippen LogP contribution in [0.2, 0.25) is 0 Å². The van der Waals surface area contributed by atoms with E-state index in [9.17, 15) is 0 Å². The van der Waals surface area contributed by atoms with E-state index in [1.54, 1.807) is 6.08 Å². The van der Waals surface area contributed by atoms with Gasteiger partial charge in [-0.3, -0.25) is 0 Å². The number of rotatable bonds is 6. The van der Waals surface area contributed by atoms with E-state index in [1.807, 2.05) is 13.0 Å².